The SMILES string of the molecule is CCNC(=NCc1ccccc1OC)NCCCCn1ccnc1C.I. The highest BCUT2D eigenvalue weighted by molar-refractivity contribution is 14.0. The molecule has 2 aromatic rings. The van der Waals surface area contributed by atoms with Gasteiger partial charge in [0.25, 0.3) is 0 Å². The summed E-state index contributed by atoms with van der Waals surface area (Å²) < 4.78 is 7.56. The number of hydrogen-bond donors (Lipinski definition) is 2. The van der Waals surface area contributed by atoms with Crippen LogP contribution in [0.15, 0.2) is 41.7 Å². The predicted molar refractivity (Wildman–Crippen MR) is 117 cm³/mol. The molecule has 0 aliphatic heterocycles. The number of ether oxygens (including phenoxy) is 1. The number of rotatable bonds is 9. The van der Waals surface area contributed by atoms with Gasteiger partial charge in [-0.2, -0.15) is 0 Å². The number of aryl methyl sites for hydroxylation is 2. The summed E-state index contributed by atoms with van der Waals surface area (Å²) in [5.41, 5.74) is 1.08. The van der Waals surface area contributed by atoms with Crippen molar-refractivity contribution >= 4 is 29.9 Å². The lowest BCUT2D eigenvalue weighted by atomic mass is 10.2. The van der Waals surface area contributed by atoms with Crippen LogP contribution in [-0.4, -0.2) is 35.7 Å². The Morgan fingerprint density at radius 2 is 2.04 bits per heavy atom. The maximum atomic E-state index is 5.38. The van der Waals surface area contributed by atoms with Gasteiger partial charge in [-0.15, -0.1) is 24.0 Å². The molecule has 7 heteroatoms. The Hall–Kier alpha value is -1.77. The molecule has 2 N–H and O–H groups in total. The van der Waals surface area contributed by atoms with Gasteiger partial charge >= 0.3 is 0 Å². The molecule has 144 valence electrons. The van der Waals surface area contributed by atoms with Crippen molar-refractivity contribution < 1.29 is 4.74 Å². The fourth-order valence-corrected chi connectivity index (χ4v) is 2.59. The molecule has 1 heterocycles. The Bertz CT molecular complexity index is 671. The van der Waals surface area contributed by atoms with E-state index < -0.39 is 0 Å². The molecule has 0 amide bonds. The van der Waals surface area contributed by atoms with Crippen LogP contribution in [0.3, 0.4) is 0 Å². The largest absolute Gasteiger partial charge is 0.496 e. The van der Waals surface area contributed by atoms with E-state index in [-0.39, 0.29) is 24.0 Å². The minimum absolute atomic E-state index is 0. The van der Waals surface area contributed by atoms with Gasteiger partial charge in [0, 0.05) is 37.6 Å². The molecule has 0 fully saturated rings. The first-order valence-corrected chi connectivity index (χ1v) is 8.86. The van der Waals surface area contributed by atoms with E-state index in [1.807, 2.05) is 43.6 Å². The monoisotopic (exact) mass is 471 g/mol. The maximum absolute atomic E-state index is 5.38. The van der Waals surface area contributed by atoms with Gasteiger partial charge in [-0.05, 0) is 32.8 Å². The summed E-state index contributed by atoms with van der Waals surface area (Å²) in [4.78, 5) is 8.90. The van der Waals surface area contributed by atoms with Gasteiger partial charge in [0.2, 0.25) is 0 Å². The molecule has 6 nitrogen and oxygen atoms in total. The van der Waals surface area contributed by atoms with Crippen LogP contribution < -0.4 is 15.4 Å². The van der Waals surface area contributed by atoms with Crippen molar-refractivity contribution in [1.82, 2.24) is 20.2 Å². The fourth-order valence-electron chi connectivity index (χ4n) is 2.59. The third-order valence-corrected chi connectivity index (χ3v) is 3.99. The van der Waals surface area contributed by atoms with Crippen molar-refractivity contribution in [3.05, 3.63) is 48.0 Å². The van der Waals surface area contributed by atoms with Crippen LogP contribution in [0.4, 0.5) is 0 Å². The standard InChI is InChI=1S/C19H29N5O.HI/c1-4-20-19(23-15-17-9-5-6-10-18(17)25-3)22-11-7-8-13-24-14-12-21-16(24)2;/h5-6,9-10,12,14H,4,7-8,11,13,15H2,1-3H3,(H2,20,22,23);1H. The van der Waals surface area contributed by atoms with E-state index in [9.17, 15) is 0 Å². The molecule has 0 saturated carbocycles. The minimum atomic E-state index is 0. The van der Waals surface area contributed by atoms with Crippen molar-refractivity contribution in [3.8, 4) is 5.75 Å². The number of nitrogens with zero attached hydrogens (tertiary/aromatic N) is 3. The molecule has 1 aromatic carbocycles. The van der Waals surface area contributed by atoms with Gasteiger partial charge in [-0.3, -0.25) is 0 Å². The average Bonchev–Trinajstić information content (AvgIpc) is 3.04. The quantitative estimate of drug-likeness (QED) is 0.255. The summed E-state index contributed by atoms with van der Waals surface area (Å²) in [6, 6.07) is 7.98. The molecule has 26 heavy (non-hydrogen) atoms. The van der Waals surface area contributed by atoms with Gasteiger partial charge in [0.05, 0.1) is 13.7 Å². The summed E-state index contributed by atoms with van der Waals surface area (Å²) >= 11 is 0. The Morgan fingerprint density at radius 1 is 1.23 bits per heavy atom. The Kier molecular flexibility index (Phi) is 10.8. The molecular formula is C19H30IN5O. The molecule has 2 rings (SSSR count). The van der Waals surface area contributed by atoms with Crippen molar-refractivity contribution in [2.45, 2.75) is 39.8 Å². The van der Waals surface area contributed by atoms with E-state index in [0.29, 0.717) is 6.54 Å². The molecule has 0 spiro atoms. The van der Waals surface area contributed by atoms with Crippen LogP contribution in [0.25, 0.3) is 0 Å². The number of imidazole rings is 1. The van der Waals surface area contributed by atoms with Crippen LogP contribution >= 0.6 is 24.0 Å². The van der Waals surface area contributed by atoms with Gasteiger partial charge in [0.1, 0.15) is 11.6 Å². The third kappa shape index (κ3) is 7.23. The smallest absolute Gasteiger partial charge is 0.191 e. The number of para-hydroxylation sites is 1. The Labute approximate surface area is 173 Å². The first-order chi connectivity index (χ1) is 12.2. The molecule has 0 bridgehead atoms. The number of hydrogen-bond acceptors (Lipinski definition) is 3. The molecule has 0 aliphatic carbocycles. The van der Waals surface area contributed by atoms with Crippen molar-refractivity contribution in [1.29, 1.82) is 0 Å². The number of unbranched alkanes of at least 4 members (excludes halogenated alkanes) is 1. The summed E-state index contributed by atoms with van der Waals surface area (Å²) in [7, 11) is 1.69. The molecular weight excluding hydrogens is 441 g/mol. The number of methoxy groups -OCH3 is 1. The second kappa shape index (κ2) is 12.6. The highest BCUT2D eigenvalue weighted by Crippen LogP contribution is 2.17. The zero-order valence-corrected chi connectivity index (χ0v) is 18.2. The number of benzene rings is 1. The first kappa shape index (κ1) is 22.3. The summed E-state index contributed by atoms with van der Waals surface area (Å²) in [5, 5.41) is 6.68. The average molecular weight is 471 g/mol. The summed E-state index contributed by atoms with van der Waals surface area (Å²) in [5.74, 6) is 2.78. The number of aromatic nitrogens is 2. The van der Waals surface area contributed by atoms with E-state index in [2.05, 4.69) is 32.1 Å². The second-order valence-corrected chi connectivity index (χ2v) is 5.81. The molecule has 0 radical (unpaired) electrons. The van der Waals surface area contributed by atoms with Crippen molar-refractivity contribution in [3.63, 3.8) is 0 Å². The second-order valence-electron chi connectivity index (χ2n) is 5.81. The number of halogens is 1. The lowest BCUT2D eigenvalue weighted by molar-refractivity contribution is 0.410. The van der Waals surface area contributed by atoms with E-state index >= 15 is 0 Å². The van der Waals surface area contributed by atoms with Crippen molar-refractivity contribution in [2.75, 3.05) is 20.2 Å². The summed E-state index contributed by atoms with van der Waals surface area (Å²) in [6.45, 7) is 7.43. The van der Waals surface area contributed by atoms with Gasteiger partial charge in [-0.1, -0.05) is 18.2 Å². The molecule has 0 unspecified atom stereocenters. The molecule has 0 atom stereocenters. The van der Waals surface area contributed by atoms with Gasteiger partial charge < -0.3 is 19.9 Å². The zero-order valence-electron chi connectivity index (χ0n) is 15.9. The van der Waals surface area contributed by atoms with Crippen LogP contribution in [0.1, 0.15) is 31.2 Å². The summed E-state index contributed by atoms with van der Waals surface area (Å²) in [6.07, 6.45) is 6.07. The zero-order chi connectivity index (χ0) is 17.9. The lowest BCUT2D eigenvalue weighted by Crippen LogP contribution is -2.37. The Balaban J connectivity index is 0.00000338. The predicted octanol–water partition coefficient (Wildman–Crippen LogP) is 3.35. The first-order valence-electron chi connectivity index (χ1n) is 8.86. The van der Waals surface area contributed by atoms with Crippen LogP contribution in [0.5, 0.6) is 5.75 Å². The topological polar surface area (TPSA) is 63.5 Å². The number of aliphatic imine (C=N–C) groups is 1. The van der Waals surface area contributed by atoms with E-state index in [1.165, 1.54) is 0 Å². The molecule has 0 aliphatic rings. The number of guanidine groups is 1. The van der Waals surface area contributed by atoms with Crippen LogP contribution in [-0.2, 0) is 13.1 Å². The van der Waals surface area contributed by atoms with E-state index in [0.717, 1.165) is 55.6 Å². The highest BCUT2D eigenvalue weighted by Gasteiger charge is 2.02. The molecule has 1 aromatic heterocycles. The normalized spacial score (nSPS) is 11.0. The van der Waals surface area contributed by atoms with E-state index in [1.54, 1.807) is 7.11 Å². The lowest BCUT2D eigenvalue weighted by Gasteiger charge is -2.12. The van der Waals surface area contributed by atoms with Crippen LogP contribution in [0, 0.1) is 6.92 Å². The highest BCUT2D eigenvalue weighted by atomic mass is 127. The fraction of sp³-hybridized carbons (Fsp3) is 0.474. The maximum Gasteiger partial charge on any atom is 0.191 e. The Morgan fingerprint density at radius 3 is 2.73 bits per heavy atom. The number of nitrogens with one attached hydrogen (secondary N) is 2. The molecule has 0 saturated heterocycles. The van der Waals surface area contributed by atoms with Gasteiger partial charge in [0.15, 0.2) is 5.96 Å². The third-order valence-electron chi connectivity index (χ3n) is 3.99. The minimum Gasteiger partial charge on any atom is -0.496 e. The van der Waals surface area contributed by atoms with Crippen molar-refractivity contribution in [2.24, 2.45) is 4.99 Å². The van der Waals surface area contributed by atoms with Gasteiger partial charge in [-0.25, -0.2) is 9.98 Å². The van der Waals surface area contributed by atoms with Crippen LogP contribution in [0.2, 0.25) is 0 Å². The van der Waals surface area contributed by atoms with E-state index in [4.69, 9.17) is 4.74 Å².